The number of carbonyl (C=O) groups is 5. The second-order valence-corrected chi connectivity index (χ2v) is 9.07. The summed E-state index contributed by atoms with van der Waals surface area (Å²) >= 11 is 1.44. The van der Waals surface area contributed by atoms with Gasteiger partial charge in [0.1, 0.15) is 18.1 Å². The highest BCUT2D eigenvalue weighted by Crippen LogP contribution is 2.19. The molecule has 4 atom stereocenters. The number of carboxylic acid groups (broad SMARTS) is 2. The number of thioether (sulfide) groups is 1. The first-order valence-corrected chi connectivity index (χ1v) is 12.5. The number of hydrogen-bond acceptors (Lipinski definition) is 8. The van der Waals surface area contributed by atoms with Crippen LogP contribution in [0.4, 0.5) is 0 Å². The van der Waals surface area contributed by atoms with Crippen molar-refractivity contribution >= 4 is 47.4 Å². The average molecular weight is 518 g/mol. The third-order valence-electron chi connectivity index (χ3n) is 5.35. The number of nitrogens with two attached hydrogens (primary N) is 3. The number of rotatable bonds is 15. The van der Waals surface area contributed by atoms with E-state index in [2.05, 4.69) is 15.6 Å². The van der Waals surface area contributed by atoms with E-state index in [1.54, 1.807) is 0 Å². The van der Waals surface area contributed by atoms with E-state index >= 15 is 0 Å². The molecule has 1 heterocycles. The molecule has 0 aromatic rings. The zero-order valence-electron chi connectivity index (χ0n) is 19.6. The molecule has 0 aromatic carbocycles. The molecule has 1 aliphatic heterocycles. The van der Waals surface area contributed by atoms with Crippen LogP contribution in [0.1, 0.15) is 38.5 Å². The van der Waals surface area contributed by atoms with Crippen LogP contribution >= 0.6 is 11.8 Å². The molecule has 1 aliphatic rings. The van der Waals surface area contributed by atoms with Crippen molar-refractivity contribution in [3.05, 3.63) is 0 Å². The Kier molecular flexibility index (Phi) is 12.9. The molecule has 10 N–H and O–H groups in total. The van der Waals surface area contributed by atoms with E-state index in [-0.39, 0.29) is 31.9 Å². The molecule has 0 aromatic heterocycles. The normalized spacial score (nSPS) is 17.7. The average Bonchev–Trinajstić information content (AvgIpc) is 3.27. The minimum atomic E-state index is -1.29. The highest BCUT2D eigenvalue weighted by molar-refractivity contribution is 7.98. The molecule has 4 unspecified atom stereocenters. The van der Waals surface area contributed by atoms with E-state index in [1.807, 2.05) is 6.26 Å². The van der Waals surface area contributed by atoms with Crippen LogP contribution in [0.5, 0.6) is 0 Å². The molecular formula is C20H35N7O7S. The van der Waals surface area contributed by atoms with E-state index in [0.29, 0.717) is 25.0 Å². The maximum absolute atomic E-state index is 13.0. The van der Waals surface area contributed by atoms with Crippen molar-refractivity contribution in [1.29, 1.82) is 0 Å². The van der Waals surface area contributed by atoms with Gasteiger partial charge < -0.3 is 42.9 Å². The van der Waals surface area contributed by atoms with E-state index in [0.717, 1.165) is 0 Å². The van der Waals surface area contributed by atoms with Crippen LogP contribution in [-0.4, -0.2) is 100.0 Å². The van der Waals surface area contributed by atoms with Crippen molar-refractivity contribution in [3.63, 3.8) is 0 Å². The number of carbonyl (C=O) groups excluding carboxylic acids is 3. The van der Waals surface area contributed by atoms with Crippen LogP contribution in [-0.2, 0) is 24.0 Å². The molecule has 35 heavy (non-hydrogen) atoms. The monoisotopic (exact) mass is 517 g/mol. The lowest BCUT2D eigenvalue weighted by atomic mass is 10.1. The van der Waals surface area contributed by atoms with Gasteiger partial charge in [-0.15, -0.1) is 0 Å². The maximum atomic E-state index is 13.0. The zero-order chi connectivity index (χ0) is 26.5. The van der Waals surface area contributed by atoms with Crippen LogP contribution in [0.25, 0.3) is 0 Å². The van der Waals surface area contributed by atoms with E-state index in [4.69, 9.17) is 22.3 Å². The fraction of sp³-hybridized carbons (Fsp3) is 0.700. The van der Waals surface area contributed by atoms with E-state index in [9.17, 15) is 29.1 Å². The van der Waals surface area contributed by atoms with Crippen molar-refractivity contribution in [2.24, 2.45) is 22.2 Å². The Hall–Kier alpha value is -3.07. The Labute approximate surface area is 207 Å². The summed E-state index contributed by atoms with van der Waals surface area (Å²) in [5, 5.41) is 23.4. The summed E-state index contributed by atoms with van der Waals surface area (Å²) < 4.78 is 0. The molecule has 1 saturated heterocycles. The van der Waals surface area contributed by atoms with Crippen LogP contribution in [0.3, 0.4) is 0 Å². The minimum Gasteiger partial charge on any atom is -0.481 e. The largest absolute Gasteiger partial charge is 0.481 e. The van der Waals surface area contributed by atoms with E-state index in [1.165, 1.54) is 16.7 Å². The molecule has 0 radical (unpaired) electrons. The molecule has 15 heteroatoms. The third-order valence-corrected chi connectivity index (χ3v) is 6.00. The van der Waals surface area contributed by atoms with Gasteiger partial charge in [-0.3, -0.25) is 24.2 Å². The number of amides is 3. The van der Waals surface area contributed by atoms with Crippen LogP contribution < -0.4 is 27.8 Å². The number of aliphatic imine (C=N–C) groups is 1. The summed E-state index contributed by atoms with van der Waals surface area (Å²) in [4.78, 5) is 65.9. The lowest BCUT2D eigenvalue weighted by molar-refractivity contribution is -0.144. The van der Waals surface area contributed by atoms with Gasteiger partial charge in [-0.2, -0.15) is 11.8 Å². The number of nitrogens with zero attached hydrogens (tertiary/aromatic N) is 2. The number of carboxylic acids is 2. The van der Waals surface area contributed by atoms with Gasteiger partial charge in [-0.1, -0.05) is 0 Å². The highest BCUT2D eigenvalue weighted by atomic mass is 32.2. The topological polar surface area (TPSA) is 244 Å². The second kappa shape index (κ2) is 15.0. The van der Waals surface area contributed by atoms with Crippen molar-refractivity contribution in [1.82, 2.24) is 15.5 Å². The van der Waals surface area contributed by atoms with Gasteiger partial charge >= 0.3 is 11.9 Å². The lowest BCUT2D eigenvalue weighted by Crippen LogP contribution is -2.56. The SMILES string of the molecule is CSCCC(NC(=O)C1CCCN1C(=O)C(N)CC(=O)O)C(=O)NC(CCCN=C(N)N)C(=O)O. The summed E-state index contributed by atoms with van der Waals surface area (Å²) in [6, 6.07) is -4.42. The van der Waals surface area contributed by atoms with Gasteiger partial charge in [-0.25, -0.2) is 4.79 Å². The molecule has 0 saturated carbocycles. The second-order valence-electron chi connectivity index (χ2n) is 8.08. The smallest absolute Gasteiger partial charge is 0.326 e. The quantitative estimate of drug-likeness (QED) is 0.0688. The molecule has 0 spiro atoms. The predicted octanol–water partition coefficient (Wildman–Crippen LogP) is -2.36. The van der Waals surface area contributed by atoms with Crippen LogP contribution in [0, 0.1) is 0 Å². The van der Waals surface area contributed by atoms with Gasteiger partial charge in [0.15, 0.2) is 5.96 Å². The Bertz CT molecular complexity index is 807. The van der Waals surface area contributed by atoms with Gasteiger partial charge in [0.05, 0.1) is 12.5 Å². The fourth-order valence-corrected chi connectivity index (χ4v) is 4.07. The molecule has 1 fully saturated rings. The minimum absolute atomic E-state index is 0.0768. The summed E-state index contributed by atoms with van der Waals surface area (Å²) in [5.74, 6) is -3.98. The van der Waals surface area contributed by atoms with Crippen molar-refractivity contribution in [3.8, 4) is 0 Å². The Morgan fingerprint density at radius 3 is 2.37 bits per heavy atom. The molecule has 0 aliphatic carbocycles. The van der Waals surface area contributed by atoms with Crippen molar-refractivity contribution in [2.75, 3.05) is 25.1 Å². The molecule has 0 bridgehead atoms. The molecule has 3 amide bonds. The first kappa shape index (κ1) is 30.0. The van der Waals surface area contributed by atoms with E-state index < -0.39 is 60.2 Å². The Balaban J connectivity index is 2.85. The maximum Gasteiger partial charge on any atom is 0.326 e. The van der Waals surface area contributed by atoms with Crippen LogP contribution in [0.2, 0.25) is 0 Å². The van der Waals surface area contributed by atoms with Gasteiger partial charge in [0.25, 0.3) is 0 Å². The Morgan fingerprint density at radius 2 is 1.80 bits per heavy atom. The van der Waals surface area contributed by atoms with Crippen molar-refractivity contribution < 1.29 is 34.2 Å². The number of guanidine groups is 1. The van der Waals surface area contributed by atoms with Crippen LogP contribution in [0.15, 0.2) is 4.99 Å². The Morgan fingerprint density at radius 1 is 1.11 bits per heavy atom. The fourth-order valence-electron chi connectivity index (χ4n) is 3.60. The third kappa shape index (κ3) is 10.4. The molecule has 1 rings (SSSR count). The number of aliphatic carboxylic acids is 2. The standard InChI is InChI=1S/C20H35N7O7S/c1-35-9-6-12(16(30)26-13(19(33)34)4-2-7-24-20(22)23)25-17(31)14-5-3-8-27(14)18(32)11(21)10-15(28)29/h11-14H,2-10,21H2,1H3,(H,25,31)(H,26,30)(H,28,29)(H,33,34)(H4,22,23,24). The van der Waals surface area contributed by atoms with Gasteiger partial charge in [0, 0.05) is 13.1 Å². The summed E-state index contributed by atoms with van der Waals surface area (Å²) in [7, 11) is 0. The number of hydrogen-bond donors (Lipinski definition) is 7. The number of likely N-dealkylation sites (tertiary alicyclic amines) is 1. The van der Waals surface area contributed by atoms with Crippen molar-refractivity contribution in [2.45, 2.75) is 62.7 Å². The predicted molar refractivity (Wildman–Crippen MR) is 129 cm³/mol. The summed E-state index contributed by atoms with van der Waals surface area (Å²) in [6.45, 7) is 0.437. The van der Waals surface area contributed by atoms with Gasteiger partial charge in [-0.05, 0) is 44.1 Å². The highest BCUT2D eigenvalue weighted by Gasteiger charge is 2.38. The first-order valence-electron chi connectivity index (χ1n) is 11.1. The summed E-state index contributed by atoms with van der Waals surface area (Å²) in [5.41, 5.74) is 16.2. The molecule has 198 valence electrons. The molecule has 14 nitrogen and oxygen atoms in total. The van der Waals surface area contributed by atoms with Gasteiger partial charge in [0.2, 0.25) is 17.7 Å². The first-order chi connectivity index (χ1) is 16.5. The molecular weight excluding hydrogens is 482 g/mol. The number of nitrogens with one attached hydrogen (secondary N) is 2. The lowest BCUT2D eigenvalue weighted by Gasteiger charge is -2.28. The summed E-state index contributed by atoms with van der Waals surface area (Å²) in [6.07, 6.45) is 2.72. The zero-order valence-corrected chi connectivity index (χ0v) is 20.5.